The van der Waals surface area contributed by atoms with Crippen molar-refractivity contribution in [3.8, 4) is 0 Å². The Morgan fingerprint density at radius 2 is 1.81 bits per heavy atom. The summed E-state index contributed by atoms with van der Waals surface area (Å²) in [4.78, 5) is 43.9. The number of carbonyl (C=O) groups excluding carboxylic acids is 1. The van der Waals surface area contributed by atoms with Gasteiger partial charge in [-0.3, -0.25) is 19.1 Å². The van der Waals surface area contributed by atoms with E-state index in [9.17, 15) is 14.4 Å². The number of amides is 1. The van der Waals surface area contributed by atoms with Gasteiger partial charge in [-0.2, -0.15) is 0 Å². The van der Waals surface area contributed by atoms with Crippen LogP contribution in [-0.2, 0) is 18.4 Å². The van der Waals surface area contributed by atoms with Crippen molar-refractivity contribution < 1.29 is 4.79 Å². The van der Waals surface area contributed by atoms with Crippen molar-refractivity contribution >= 4 is 34.5 Å². The second-order valence-electron chi connectivity index (χ2n) is 7.16. The molecule has 0 fully saturated rings. The number of benzene rings is 2. The Balaban J connectivity index is 1.68. The highest BCUT2D eigenvalue weighted by molar-refractivity contribution is 7.99. The third-order valence-corrected chi connectivity index (χ3v) is 5.80. The van der Waals surface area contributed by atoms with Crippen LogP contribution in [0.5, 0.6) is 0 Å². The molecule has 0 bridgehead atoms. The molecule has 9 heteroatoms. The van der Waals surface area contributed by atoms with E-state index in [0.29, 0.717) is 22.9 Å². The summed E-state index contributed by atoms with van der Waals surface area (Å²) < 4.78 is 3.05. The molecule has 0 spiro atoms. The predicted molar refractivity (Wildman–Crippen MR) is 122 cm³/mol. The van der Waals surface area contributed by atoms with Gasteiger partial charge in [-0.25, -0.2) is 9.78 Å². The maximum Gasteiger partial charge on any atom is 0.329 e. The van der Waals surface area contributed by atoms with Crippen LogP contribution in [0.1, 0.15) is 11.1 Å². The molecule has 1 amide bonds. The van der Waals surface area contributed by atoms with E-state index in [0.717, 1.165) is 11.1 Å². The largest absolute Gasteiger partial charge is 0.329 e. The molecule has 0 aliphatic rings. The first-order valence-electron chi connectivity index (χ1n) is 9.65. The Hall–Kier alpha value is -3.59. The molecule has 31 heavy (non-hydrogen) atoms. The average Bonchev–Trinajstić information content (AvgIpc) is 3.12. The zero-order valence-electron chi connectivity index (χ0n) is 17.1. The van der Waals surface area contributed by atoms with Gasteiger partial charge in [0.05, 0.1) is 12.3 Å². The number of fused-ring (bicyclic) bond motifs is 1. The van der Waals surface area contributed by atoms with Gasteiger partial charge in [-0.1, -0.05) is 59.8 Å². The molecule has 2 heterocycles. The van der Waals surface area contributed by atoms with Gasteiger partial charge in [0.2, 0.25) is 5.91 Å². The fourth-order valence-corrected chi connectivity index (χ4v) is 3.99. The Labute approximate surface area is 181 Å². The van der Waals surface area contributed by atoms with Crippen LogP contribution in [0.4, 0.5) is 5.69 Å². The lowest BCUT2D eigenvalue weighted by atomic mass is 10.1. The van der Waals surface area contributed by atoms with Gasteiger partial charge in [-0.15, -0.1) is 0 Å². The van der Waals surface area contributed by atoms with Crippen LogP contribution in [0.15, 0.2) is 69.3 Å². The molecule has 0 saturated heterocycles. The molecule has 0 saturated carbocycles. The van der Waals surface area contributed by atoms with E-state index >= 15 is 0 Å². The third-order valence-electron chi connectivity index (χ3n) is 4.82. The number of rotatable bonds is 6. The summed E-state index contributed by atoms with van der Waals surface area (Å²) >= 11 is 1.22. The minimum Gasteiger partial charge on any atom is -0.325 e. The molecule has 4 aromatic rings. The van der Waals surface area contributed by atoms with Crippen molar-refractivity contribution in [1.29, 1.82) is 0 Å². The summed E-state index contributed by atoms with van der Waals surface area (Å²) in [5.74, 6) is -0.0780. The Morgan fingerprint density at radius 3 is 2.52 bits per heavy atom. The highest BCUT2D eigenvalue weighted by Gasteiger charge is 2.19. The molecule has 0 atom stereocenters. The molecular weight excluding hydrogens is 414 g/mol. The maximum absolute atomic E-state index is 12.6. The number of aromatic nitrogens is 4. The molecular formula is C22H21N5O3S. The van der Waals surface area contributed by atoms with E-state index in [1.54, 1.807) is 11.6 Å². The number of imidazole rings is 1. The first-order valence-corrected chi connectivity index (χ1v) is 10.6. The van der Waals surface area contributed by atoms with E-state index in [2.05, 4.69) is 15.3 Å². The number of thioether (sulfide) groups is 1. The summed E-state index contributed by atoms with van der Waals surface area (Å²) in [6, 6.07) is 17.1. The summed E-state index contributed by atoms with van der Waals surface area (Å²) in [6.45, 7) is 2.39. The average molecular weight is 436 g/mol. The highest BCUT2D eigenvalue weighted by atomic mass is 32.2. The van der Waals surface area contributed by atoms with Crippen LogP contribution < -0.4 is 16.6 Å². The molecule has 0 unspecified atom stereocenters. The van der Waals surface area contributed by atoms with Gasteiger partial charge in [0.15, 0.2) is 16.3 Å². The smallest absolute Gasteiger partial charge is 0.325 e. The molecule has 0 aliphatic heterocycles. The van der Waals surface area contributed by atoms with Crippen LogP contribution in [0.3, 0.4) is 0 Å². The summed E-state index contributed by atoms with van der Waals surface area (Å²) in [5, 5.41) is 3.32. The van der Waals surface area contributed by atoms with E-state index in [-0.39, 0.29) is 17.3 Å². The standard InChI is InChI=1S/C22H21N5O3S/c1-14-8-10-15(11-9-14)12-27-18-19(26(2)21(30)25-20(18)29)24-22(27)31-13-17(28)23-16-6-4-3-5-7-16/h3-11H,12-13H2,1-2H3,(H,23,28)(H,25,29,30). The number of H-pyrrole nitrogens is 1. The molecule has 0 radical (unpaired) electrons. The van der Waals surface area contributed by atoms with Crippen LogP contribution in [0, 0.1) is 6.92 Å². The molecule has 8 nitrogen and oxygen atoms in total. The lowest BCUT2D eigenvalue weighted by Crippen LogP contribution is -2.29. The fraction of sp³-hybridized carbons (Fsp3) is 0.182. The first-order chi connectivity index (χ1) is 14.9. The van der Waals surface area contributed by atoms with Crippen molar-refractivity contribution in [2.24, 2.45) is 7.05 Å². The fourth-order valence-electron chi connectivity index (χ4n) is 3.20. The molecule has 158 valence electrons. The predicted octanol–water partition coefficient (Wildman–Crippen LogP) is 2.51. The van der Waals surface area contributed by atoms with Crippen molar-refractivity contribution in [2.75, 3.05) is 11.1 Å². The Kier molecular flexibility index (Phi) is 5.77. The van der Waals surface area contributed by atoms with E-state index < -0.39 is 11.2 Å². The molecule has 2 aromatic heterocycles. The zero-order chi connectivity index (χ0) is 22.0. The molecule has 0 aliphatic carbocycles. The second-order valence-corrected chi connectivity index (χ2v) is 8.10. The number of hydrogen-bond donors (Lipinski definition) is 2. The van der Waals surface area contributed by atoms with E-state index in [1.165, 1.54) is 16.3 Å². The van der Waals surface area contributed by atoms with Gasteiger partial charge in [-0.05, 0) is 24.6 Å². The van der Waals surface area contributed by atoms with Crippen molar-refractivity contribution in [1.82, 2.24) is 19.1 Å². The topological polar surface area (TPSA) is 102 Å². The minimum absolute atomic E-state index is 0.109. The second kappa shape index (κ2) is 8.65. The Bertz CT molecular complexity index is 1350. The number of hydrogen-bond acceptors (Lipinski definition) is 5. The number of nitrogens with one attached hydrogen (secondary N) is 2. The zero-order valence-corrected chi connectivity index (χ0v) is 17.9. The van der Waals surface area contributed by atoms with Gasteiger partial charge in [0.25, 0.3) is 5.56 Å². The van der Waals surface area contributed by atoms with Gasteiger partial charge in [0, 0.05) is 12.7 Å². The van der Waals surface area contributed by atoms with Crippen LogP contribution in [0.25, 0.3) is 11.2 Å². The maximum atomic E-state index is 12.6. The summed E-state index contributed by atoms with van der Waals surface area (Å²) in [6.07, 6.45) is 0. The van der Waals surface area contributed by atoms with Gasteiger partial charge >= 0.3 is 5.69 Å². The van der Waals surface area contributed by atoms with Gasteiger partial charge in [0.1, 0.15) is 0 Å². The highest BCUT2D eigenvalue weighted by Crippen LogP contribution is 2.23. The lowest BCUT2D eigenvalue weighted by Gasteiger charge is -2.09. The van der Waals surface area contributed by atoms with Gasteiger partial charge < -0.3 is 9.88 Å². The normalized spacial score (nSPS) is 11.0. The molecule has 2 aromatic carbocycles. The van der Waals surface area contributed by atoms with Crippen LogP contribution in [0.2, 0.25) is 0 Å². The first kappa shape index (κ1) is 20.7. The molecule has 2 N–H and O–H groups in total. The number of para-hydroxylation sites is 1. The lowest BCUT2D eigenvalue weighted by molar-refractivity contribution is -0.113. The monoisotopic (exact) mass is 435 g/mol. The number of anilines is 1. The quantitative estimate of drug-likeness (QED) is 0.453. The minimum atomic E-state index is -0.532. The number of aryl methyl sites for hydroxylation is 2. The number of carbonyl (C=O) groups is 1. The Morgan fingerprint density at radius 1 is 1.10 bits per heavy atom. The van der Waals surface area contributed by atoms with Crippen LogP contribution >= 0.6 is 11.8 Å². The SMILES string of the molecule is Cc1ccc(Cn2c(SCC(=O)Nc3ccccc3)nc3c2c(=O)[nH]c(=O)n3C)cc1. The van der Waals surface area contributed by atoms with E-state index in [4.69, 9.17) is 0 Å². The number of aromatic amines is 1. The summed E-state index contributed by atoms with van der Waals surface area (Å²) in [7, 11) is 1.56. The van der Waals surface area contributed by atoms with Crippen LogP contribution in [-0.4, -0.2) is 30.8 Å². The number of nitrogens with zero attached hydrogens (tertiary/aromatic N) is 3. The van der Waals surface area contributed by atoms with Crippen molar-refractivity contribution in [3.05, 3.63) is 86.6 Å². The third kappa shape index (κ3) is 4.46. The summed E-state index contributed by atoms with van der Waals surface area (Å²) in [5.41, 5.74) is 2.37. The van der Waals surface area contributed by atoms with E-state index in [1.807, 2.05) is 61.5 Å². The molecule has 4 rings (SSSR count). The van der Waals surface area contributed by atoms with Crippen molar-refractivity contribution in [2.45, 2.75) is 18.6 Å². The van der Waals surface area contributed by atoms with Crippen molar-refractivity contribution in [3.63, 3.8) is 0 Å².